The van der Waals surface area contributed by atoms with Crippen LogP contribution in [0.2, 0.25) is 5.02 Å². The summed E-state index contributed by atoms with van der Waals surface area (Å²) in [7, 11) is 0. The van der Waals surface area contributed by atoms with Crippen LogP contribution in [0.25, 0.3) is 11.0 Å². The molecule has 1 unspecified atom stereocenters. The Labute approximate surface area is 127 Å². The maximum Gasteiger partial charge on any atom is 0.124 e. The van der Waals surface area contributed by atoms with E-state index in [-0.39, 0.29) is 0 Å². The Hall–Kier alpha value is -0.380. The van der Waals surface area contributed by atoms with E-state index in [0.29, 0.717) is 11.1 Å². The minimum atomic E-state index is 0.433. The average Bonchev–Trinajstić information content (AvgIpc) is 2.79. The van der Waals surface area contributed by atoms with Gasteiger partial charge in [0.1, 0.15) is 5.82 Å². The molecule has 0 spiro atoms. The molecule has 0 bridgehead atoms. The molecule has 2 heterocycles. The van der Waals surface area contributed by atoms with E-state index in [1.807, 2.05) is 18.2 Å². The molecule has 0 saturated carbocycles. The molecule has 0 aliphatic carbocycles. The van der Waals surface area contributed by atoms with Gasteiger partial charge in [-0.1, -0.05) is 24.1 Å². The van der Waals surface area contributed by atoms with Crippen LogP contribution in [0, 0.1) is 0 Å². The van der Waals surface area contributed by atoms with Gasteiger partial charge in [-0.3, -0.25) is 0 Å². The highest BCUT2D eigenvalue weighted by Crippen LogP contribution is 2.30. The molecule has 1 aliphatic heterocycles. The van der Waals surface area contributed by atoms with Crippen LogP contribution in [0.3, 0.4) is 0 Å². The lowest BCUT2D eigenvalue weighted by Gasteiger charge is -2.22. The second kappa shape index (κ2) is 5.94. The number of rotatable bonds is 3. The van der Waals surface area contributed by atoms with Gasteiger partial charge < -0.3 is 4.57 Å². The molecular formula is C14H16Cl2N2S. The molecule has 102 valence electrons. The maximum atomic E-state index is 6.34. The summed E-state index contributed by atoms with van der Waals surface area (Å²) in [5.41, 5.74) is 1.98. The number of aromatic nitrogens is 2. The van der Waals surface area contributed by atoms with Crippen molar-refractivity contribution >= 4 is 46.0 Å². The van der Waals surface area contributed by atoms with Crippen molar-refractivity contribution in [1.29, 1.82) is 0 Å². The second-order valence-corrected chi connectivity index (χ2v) is 6.95. The average molecular weight is 315 g/mol. The van der Waals surface area contributed by atoms with Crippen LogP contribution in [0.1, 0.15) is 25.1 Å². The van der Waals surface area contributed by atoms with Gasteiger partial charge in [-0.05, 0) is 30.7 Å². The topological polar surface area (TPSA) is 17.8 Å². The summed E-state index contributed by atoms with van der Waals surface area (Å²) < 4.78 is 2.22. The number of alkyl halides is 1. The fourth-order valence-corrected chi connectivity index (χ4v) is 4.41. The highest BCUT2D eigenvalue weighted by atomic mass is 35.5. The highest BCUT2D eigenvalue weighted by molar-refractivity contribution is 7.99. The number of para-hydroxylation sites is 1. The van der Waals surface area contributed by atoms with Gasteiger partial charge in [-0.25, -0.2) is 4.98 Å². The lowest BCUT2D eigenvalue weighted by molar-refractivity contribution is 0.582. The molecule has 0 amide bonds. The molecule has 1 aliphatic rings. The number of hydrogen-bond acceptors (Lipinski definition) is 2. The molecule has 19 heavy (non-hydrogen) atoms. The van der Waals surface area contributed by atoms with Crippen molar-refractivity contribution < 1.29 is 0 Å². The molecule has 1 aromatic carbocycles. The first-order valence-electron chi connectivity index (χ1n) is 6.61. The van der Waals surface area contributed by atoms with E-state index in [1.165, 1.54) is 25.0 Å². The van der Waals surface area contributed by atoms with E-state index >= 15 is 0 Å². The van der Waals surface area contributed by atoms with Crippen molar-refractivity contribution in [3.05, 3.63) is 29.0 Å². The van der Waals surface area contributed by atoms with Gasteiger partial charge in [0.25, 0.3) is 0 Å². The Kier molecular flexibility index (Phi) is 4.25. The zero-order valence-corrected chi connectivity index (χ0v) is 12.9. The quantitative estimate of drug-likeness (QED) is 0.763. The smallest absolute Gasteiger partial charge is 0.124 e. The third-order valence-electron chi connectivity index (χ3n) is 3.58. The fourth-order valence-electron chi connectivity index (χ4n) is 2.64. The summed E-state index contributed by atoms with van der Waals surface area (Å²) in [6.45, 7) is 0.965. The van der Waals surface area contributed by atoms with Gasteiger partial charge in [0.2, 0.25) is 0 Å². The summed E-state index contributed by atoms with van der Waals surface area (Å²) in [6.07, 6.45) is 3.94. The van der Waals surface area contributed by atoms with Crippen molar-refractivity contribution in [2.75, 3.05) is 5.75 Å². The van der Waals surface area contributed by atoms with Crippen LogP contribution in [0.4, 0.5) is 0 Å². The van der Waals surface area contributed by atoms with Crippen molar-refractivity contribution in [3.8, 4) is 0 Å². The van der Waals surface area contributed by atoms with Gasteiger partial charge in [0.05, 0.1) is 21.9 Å². The number of nitrogens with zero attached hydrogens (tertiary/aromatic N) is 2. The predicted octanol–water partition coefficient (Wildman–Crippen LogP) is 4.71. The van der Waals surface area contributed by atoms with E-state index in [2.05, 4.69) is 21.3 Å². The van der Waals surface area contributed by atoms with Crippen molar-refractivity contribution in [2.45, 2.75) is 36.9 Å². The molecule has 5 heteroatoms. The number of benzene rings is 1. The minimum absolute atomic E-state index is 0.433. The number of fused-ring (bicyclic) bond motifs is 1. The zero-order chi connectivity index (χ0) is 13.2. The normalized spacial score (nSPS) is 20.0. The first-order valence-corrected chi connectivity index (χ1v) is 8.57. The number of thioether (sulfide) groups is 1. The molecule has 0 radical (unpaired) electrons. The summed E-state index contributed by atoms with van der Waals surface area (Å²) >= 11 is 14.4. The third kappa shape index (κ3) is 2.74. The Morgan fingerprint density at radius 3 is 3.00 bits per heavy atom. The van der Waals surface area contributed by atoms with Gasteiger partial charge in [0.15, 0.2) is 0 Å². The molecular weight excluding hydrogens is 299 g/mol. The monoisotopic (exact) mass is 314 g/mol. The largest absolute Gasteiger partial charge is 0.325 e. The van der Waals surface area contributed by atoms with E-state index < -0.39 is 0 Å². The predicted molar refractivity (Wildman–Crippen MR) is 84.4 cm³/mol. The molecule has 0 N–H and O–H groups in total. The van der Waals surface area contributed by atoms with Crippen molar-refractivity contribution in [2.24, 2.45) is 0 Å². The summed E-state index contributed by atoms with van der Waals surface area (Å²) in [5, 5.41) is 1.42. The van der Waals surface area contributed by atoms with Gasteiger partial charge >= 0.3 is 0 Å². The Morgan fingerprint density at radius 1 is 1.37 bits per heavy atom. The maximum absolute atomic E-state index is 6.34. The highest BCUT2D eigenvalue weighted by Gasteiger charge is 2.19. The Morgan fingerprint density at radius 2 is 2.26 bits per heavy atom. The third-order valence-corrected chi connectivity index (χ3v) is 5.50. The Bertz CT molecular complexity index is 576. The second-order valence-electron chi connectivity index (χ2n) is 4.87. The number of imidazole rings is 1. The van der Waals surface area contributed by atoms with Crippen molar-refractivity contribution in [3.63, 3.8) is 0 Å². The fraction of sp³-hybridized carbons (Fsp3) is 0.500. The number of hydrogen-bond donors (Lipinski definition) is 0. The van der Waals surface area contributed by atoms with Crippen LogP contribution >= 0.6 is 35.0 Å². The first kappa shape index (κ1) is 13.6. The molecule has 2 nitrogen and oxygen atoms in total. The zero-order valence-electron chi connectivity index (χ0n) is 10.6. The first-order chi connectivity index (χ1) is 9.29. The summed E-state index contributed by atoms with van der Waals surface area (Å²) in [6, 6.07) is 5.87. The van der Waals surface area contributed by atoms with E-state index in [9.17, 15) is 0 Å². The molecule has 1 saturated heterocycles. The SMILES string of the molecule is ClCc1nc2cccc(Cl)c2n1CC1CCCCS1. The summed E-state index contributed by atoms with van der Waals surface area (Å²) in [4.78, 5) is 4.59. The van der Waals surface area contributed by atoms with E-state index in [4.69, 9.17) is 23.2 Å². The molecule has 1 aromatic heterocycles. The van der Waals surface area contributed by atoms with Crippen LogP contribution in [0.15, 0.2) is 18.2 Å². The lowest BCUT2D eigenvalue weighted by Crippen LogP contribution is -2.18. The van der Waals surface area contributed by atoms with Gasteiger partial charge in [-0.15, -0.1) is 11.6 Å². The van der Waals surface area contributed by atoms with Crippen LogP contribution in [0.5, 0.6) is 0 Å². The molecule has 2 aromatic rings. The van der Waals surface area contributed by atoms with Crippen LogP contribution in [-0.4, -0.2) is 20.6 Å². The lowest BCUT2D eigenvalue weighted by atomic mass is 10.2. The standard InChI is InChI=1S/C14H16Cl2N2S/c15-8-13-17-12-6-3-5-11(16)14(12)18(13)9-10-4-1-2-7-19-10/h3,5-6,10H,1-2,4,7-9H2. The molecule has 3 rings (SSSR count). The van der Waals surface area contributed by atoms with Crippen LogP contribution < -0.4 is 0 Å². The Balaban J connectivity index is 2.00. The van der Waals surface area contributed by atoms with E-state index in [0.717, 1.165) is 28.4 Å². The van der Waals surface area contributed by atoms with E-state index in [1.54, 1.807) is 0 Å². The van der Waals surface area contributed by atoms with Gasteiger partial charge in [-0.2, -0.15) is 11.8 Å². The molecule has 1 atom stereocenters. The van der Waals surface area contributed by atoms with Gasteiger partial charge in [0, 0.05) is 11.8 Å². The number of halogens is 2. The minimum Gasteiger partial charge on any atom is -0.325 e. The molecule has 1 fully saturated rings. The van der Waals surface area contributed by atoms with Crippen LogP contribution in [-0.2, 0) is 12.4 Å². The summed E-state index contributed by atoms with van der Waals surface area (Å²) in [5.74, 6) is 2.62. The van der Waals surface area contributed by atoms with Crippen molar-refractivity contribution in [1.82, 2.24) is 9.55 Å².